The molecule has 0 aliphatic rings. The van der Waals surface area contributed by atoms with Crippen LogP contribution in [0.5, 0.6) is 0 Å². The van der Waals surface area contributed by atoms with E-state index in [2.05, 4.69) is 24.1 Å². The molecular formula is C21H29N3O2. The molecule has 5 nitrogen and oxygen atoms in total. The Morgan fingerprint density at radius 2 is 1.77 bits per heavy atom. The standard InChI is InChI=1S/C21H29N3O2/c1-4-14-24(15-5-2)20(26)11-7-10-19(25)23-18-9-6-8-17-13-12-16(3)22-21(17)18/h6,8-9,12-13H,4-5,7,10-11,14-15H2,1-3H3,(H,23,25). The SMILES string of the molecule is CCCN(CCC)C(=O)CCCC(=O)Nc1cccc2ccc(C)nc12. The molecule has 0 saturated heterocycles. The summed E-state index contributed by atoms with van der Waals surface area (Å²) in [6, 6.07) is 9.71. The Balaban J connectivity index is 1.89. The second-order valence-corrected chi connectivity index (χ2v) is 6.61. The molecule has 1 aromatic carbocycles. The van der Waals surface area contributed by atoms with E-state index in [-0.39, 0.29) is 11.8 Å². The number of benzene rings is 1. The van der Waals surface area contributed by atoms with Crippen LogP contribution < -0.4 is 5.32 Å². The van der Waals surface area contributed by atoms with E-state index < -0.39 is 0 Å². The maximum Gasteiger partial charge on any atom is 0.224 e. The minimum atomic E-state index is -0.0776. The number of hydrogen-bond acceptors (Lipinski definition) is 3. The predicted molar refractivity (Wildman–Crippen MR) is 106 cm³/mol. The van der Waals surface area contributed by atoms with Crippen LogP contribution in [-0.2, 0) is 9.59 Å². The van der Waals surface area contributed by atoms with Gasteiger partial charge in [-0.25, -0.2) is 0 Å². The topological polar surface area (TPSA) is 62.3 Å². The first-order chi connectivity index (χ1) is 12.5. The van der Waals surface area contributed by atoms with Crippen LogP contribution in [0.25, 0.3) is 10.9 Å². The highest BCUT2D eigenvalue weighted by Crippen LogP contribution is 2.22. The van der Waals surface area contributed by atoms with Crippen LogP contribution in [0.4, 0.5) is 5.69 Å². The van der Waals surface area contributed by atoms with E-state index in [9.17, 15) is 9.59 Å². The molecule has 26 heavy (non-hydrogen) atoms. The number of nitrogens with one attached hydrogen (secondary N) is 1. The van der Waals surface area contributed by atoms with Gasteiger partial charge in [0.25, 0.3) is 0 Å². The normalized spacial score (nSPS) is 10.7. The summed E-state index contributed by atoms with van der Waals surface area (Å²) in [5, 5.41) is 3.94. The van der Waals surface area contributed by atoms with Gasteiger partial charge in [0.1, 0.15) is 0 Å². The number of pyridine rings is 1. The fourth-order valence-corrected chi connectivity index (χ4v) is 3.02. The number of para-hydroxylation sites is 1. The molecule has 0 spiro atoms. The van der Waals surface area contributed by atoms with E-state index in [0.29, 0.717) is 19.3 Å². The number of aromatic nitrogens is 1. The molecule has 1 N–H and O–H groups in total. The van der Waals surface area contributed by atoms with E-state index >= 15 is 0 Å². The van der Waals surface area contributed by atoms with Crippen LogP contribution in [0.15, 0.2) is 30.3 Å². The number of hydrogen-bond donors (Lipinski definition) is 1. The number of fused-ring (bicyclic) bond motifs is 1. The minimum absolute atomic E-state index is 0.0776. The Labute approximate surface area is 155 Å². The zero-order chi connectivity index (χ0) is 18.9. The lowest BCUT2D eigenvalue weighted by molar-refractivity contribution is -0.131. The summed E-state index contributed by atoms with van der Waals surface area (Å²) in [5.41, 5.74) is 2.44. The molecule has 0 radical (unpaired) electrons. The second kappa shape index (κ2) is 9.90. The number of rotatable bonds is 9. The molecule has 1 aromatic heterocycles. The van der Waals surface area contributed by atoms with Gasteiger partial charge in [0.05, 0.1) is 11.2 Å². The van der Waals surface area contributed by atoms with Crippen molar-refractivity contribution in [2.45, 2.75) is 52.9 Å². The number of aryl methyl sites for hydroxylation is 1. The highest BCUT2D eigenvalue weighted by molar-refractivity contribution is 6.00. The molecule has 0 bridgehead atoms. The summed E-state index contributed by atoms with van der Waals surface area (Å²) in [6.45, 7) is 7.66. The first-order valence-corrected chi connectivity index (χ1v) is 9.49. The third-order valence-electron chi connectivity index (χ3n) is 4.27. The Morgan fingerprint density at radius 1 is 1.04 bits per heavy atom. The summed E-state index contributed by atoms with van der Waals surface area (Å²) in [5.74, 6) is 0.0649. The van der Waals surface area contributed by atoms with E-state index in [4.69, 9.17) is 0 Å². The first kappa shape index (κ1) is 19.9. The molecule has 2 rings (SSSR count). The van der Waals surface area contributed by atoms with Crippen molar-refractivity contribution >= 4 is 28.4 Å². The highest BCUT2D eigenvalue weighted by Gasteiger charge is 2.13. The average Bonchev–Trinajstić information content (AvgIpc) is 2.62. The van der Waals surface area contributed by atoms with Gasteiger partial charge in [0, 0.05) is 37.0 Å². The third-order valence-corrected chi connectivity index (χ3v) is 4.27. The smallest absolute Gasteiger partial charge is 0.224 e. The van der Waals surface area contributed by atoms with Gasteiger partial charge < -0.3 is 10.2 Å². The molecule has 0 fully saturated rings. The highest BCUT2D eigenvalue weighted by atomic mass is 16.2. The molecule has 0 saturated carbocycles. The predicted octanol–water partition coefficient (Wildman–Crippen LogP) is 4.30. The van der Waals surface area contributed by atoms with Gasteiger partial charge in [-0.15, -0.1) is 0 Å². The lowest BCUT2D eigenvalue weighted by Gasteiger charge is -2.21. The number of carbonyl (C=O) groups excluding carboxylic acids is 2. The van der Waals surface area contributed by atoms with Crippen LogP contribution in [0.1, 0.15) is 51.6 Å². The molecule has 0 aliphatic carbocycles. The van der Waals surface area contributed by atoms with Crippen molar-refractivity contribution in [2.24, 2.45) is 0 Å². The van der Waals surface area contributed by atoms with Gasteiger partial charge in [-0.3, -0.25) is 14.6 Å². The van der Waals surface area contributed by atoms with Crippen molar-refractivity contribution in [1.29, 1.82) is 0 Å². The lowest BCUT2D eigenvalue weighted by atomic mass is 10.1. The number of anilines is 1. The Kier molecular flexibility index (Phi) is 7.57. The Morgan fingerprint density at radius 3 is 2.46 bits per heavy atom. The van der Waals surface area contributed by atoms with Gasteiger partial charge >= 0.3 is 0 Å². The maximum absolute atomic E-state index is 12.3. The van der Waals surface area contributed by atoms with E-state index in [1.165, 1.54) is 0 Å². The molecule has 1 heterocycles. The van der Waals surface area contributed by atoms with Crippen LogP contribution >= 0.6 is 0 Å². The largest absolute Gasteiger partial charge is 0.343 e. The van der Waals surface area contributed by atoms with Crippen LogP contribution in [-0.4, -0.2) is 34.8 Å². The quantitative estimate of drug-likeness (QED) is 0.729. The van der Waals surface area contributed by atoms with Gasteiger partial charge in [0.2, 0.25) is 11.8 Å². The summed E-state index contributed by atoms with van der Waals surface area (Å²) >= 11 is 0. The fourth-order valence-electron chi connectivity index (χ4n) is 3.02. The van der Waals surface area contributed by atoms with Crippen molar-refractivity contribution in [3.8, 4) is 0 Å². The molecular weight excluding hydrogens is 326 g/mol. The summed E-state index contributed by atoms with van der Waals surface area (Å²) in [4.78, 5) is 31.0. The van der Waals surface area contributed by atoms with Gasteiger partial charge in [-0.2, -0.15) is 0 Å². The van der Waals surface area contributed by atoms with Crippen molar-refractivity contribution < 1.29 is 9.59 Å². The maximum atomic E-state index is 12.3. The molecule has 0 unspecified atom stereocenters. The number of nitrogens with zero attached hydrogens (tertiary/aromatic N) is 2. The van der Waals surface area contributed by atoms with E-state index in [1.54, 1.807) is 0 Å². The van der Waals surface area contributed by atoms with Crippen LogP contribution in [0, 0.1) is 6.92 Å². The Hall–Kier alpha value is -2.43. The number of amides is 2. The second-order valence-electron chi connectivity index (χ2n) is 6.61. The molecule has 0 aliphatic heterocycles. The van der Waals surface area contributed by atoms with Crippen molar-refractivity contribution in [3.63, 3.8) is 0 Å². The number of carbonyl (C=O) groups is 2. The van der Waals surface area contributed by atoms with Gasteiger partial charge in [0.15, 0.2) is 0 Å². The molecule has 0 atom stereocenters. The summed E-state index contributed by atoms with van der Waals surface area (Å²) in [7, 11) is 0. The third kappa shape index (κ3) is 5.55. The van der Waals surface area contributed by atoms with Crippen molar-refractivity contribution in [3.05, 3.63) is 36.0 Å². The summed E-state index contributed by atoms with van der Waals surface area (Å²) < 4.78 is 0. The zero-order valence-electron chi connectivity index (χ0n) is 16.0. The first-order valence-electron chi connectivity index (χ1n) is 9.49. The van der Waals surface area contributed by atoms with Crippen LogP contribution in [0.2, 0.25) is 0 Å². The van der Waals surface area contributed by atoms with Gasteiger partial charge in [-0.05, 0) is 38.3 Å². The van der Waals surface area contributed by atoms with Gasteiger partial charge in [-0.1, -0.05) is 32.0 Å². The van der Waals surface area contributed by atoms with Crippen molar-refractivity contribution in [1.82, 2.24) is 9.88 Å². The molecule has 2 aromatic rings. The van der Waals surface area contributed by atoms with Crippen molar-refractivity contribution in [2.75, 3.05) is 18.4 Å². The monoisotopic (exact) mass is 355 g/mol. The summed E-state index contributed by atoms with van der Waals surface area (Å²) in [6.07, 6.45) is 3.23. The fraction of sp³-hybridized carbons (Fsp3) is 0.476. The van der Waals surface area contributed by atoms with E-state index in [0.717, 1.165) is 48.2 Å². The average molecular weight is 355 g/mol. The molecule has 5 heteroatoms. The minimum Gasteiger partial charge on any atom is -0.343 e. The molecule has 2 amide bonds. The zero-order valence-corrected chi connectivity index (χ0v) is 16.0. The van der Waals surface area contributed by atoms with Crippen LogP contribution in [0.3, 0.4) is 0 Å². The Bertz CT molecular complexity index is 752. The van der Waals surface area contributed by atoms with E-state index in [1.807, 2.05) is 42.2 Å². The lowest BCUT2D eigenvalue weighted by Crippen LogP contribution is -2.32. The molecule has 140 valence electrons.